The lowest BCUT2D eigenvalue weighted by Crippen LogP contribution is -2.47. The average molecular weight is 402 g/mol. The number of aromatic nitrogens is 1. The maximum atomic E-state index is 12.8. The molecule has 0 saturated heterocycles. The number of amides is 3. The van der Waals surface area contributed by atoms with Crippen LogP contribution in [0.2, 0.25) is 0 Å². The molecular weight excluding hydrogens is 376 g/mol. The van der Waals surface area contributed by atoms with Crippen LogP contribution in [0.15, 0.2) is 48.7 Å². The average Bonchev–Trinajstić information content (AvgIpc) is 3.21. The zero-order chi connectivity index (χ0) is 20.7. The van der Waals surface area contributed by atoms with Crippen molar-refractivity contribution in [3.05, 3.63) is 59.8 Å². The monoisotopic (exact) mass is 402 g/mol. The number of benzene rings is 2. The van der Waals surface area contributed by atoms with E-state index < -0.39 is 0 Å². The Hall–Kier alpha value is -3.28. The molecule has 0 bridgehead atoms. The summed E-state index contributed by atoms with van der Waals surface area (Å²) in [6, 6.07) is 14.1. The molecule has 1 aliphatic heterocycles. The van der Waals surface area contributed by atoms with E-state index >= 15 is 0 Å². The van der Waals surface area contributed by atoms with Crippen LogP contribution in [0.3, 0.4) is 0 Å². The Morgan fingerprint density at radius 2 is 1.93 bits per heavy atom. The highest BCUT2D eigenvalue weighted by Crippen LogP contribution is 2.34. The van der Waals surface area contributed by atoms with Crippen molar-refractivity contribution < 1.29 is 9.59 Å². The zero-order valence-electron chi connectivity index (χ0n) is 17.1. The molecule has 2 aromatic carbocycles. The van der Waals surface area contributed by atoms with E-state index in [1.165, 1.54) is 11.1 Å². The number of rotatable bonds is 3. The molecule has 6 nitrogen and oxygen atoms in total. The van der Waals surface area contributed by atoms with Crippen molar-refractivity contribution >= 4 is 34.2 Å². The van der Waals surface area contributed by atoms with E-state index in [1.807, 2.05) is 47.5 Å². The fourth-order valence-corrected chi connectivity index (χ4v) is 4.77. The summed E-state index contributed by atoms with van der Waals surface area (Å²) in [6.07, 6.45) is 5.19. The molecule has 30 heavy (non-hydrogen) atoms. The minimum absolute atomic E-state index is 0.0116. The largest absolute Gasteiger partial charge is 0.361 e. The molecule has 6 heteroatoms. The fourth-order valence-electron chi connectivity index (χ4n) is 4.77. The van der Waals surface area contributed by atoms with Crippen LogP contribution in [0.5, 0.6) is 0 Å². The van der Waals surface area contributed by atoms with Crippen LogP contribution in [0.25, 0.3) is 10.9 Å². The second kappa shape index (κ2) is 7.52. The first kappa shape index (κ1) is 18.7. The lowest BCUT2D eigenvalue weighted by Gasteiger charge is -2.39. The van der Waals surface area contributed by atoms with E-state index in [1.54, 1.807) is 0 Å². The third-order valence-corrected chi connectivity index (χ3v) is 6.57. The molecule has 1 aromatic heterocycles. The van der Waals surface area contributed by atoms with E-state index in [4.69, 9.17) is 0 Å². The second-order valence-corrected chi connectivity index (χ2v) is 8.43. The lowest BCUT2D eigenvalue weighted by atomic mass is 9.84. The third-order valence-electron chi connectivity index (χ3n) is 6.57. The summed E-state index contributed by atoms with van der Waals surface area (Å²) in [6.45, 7) is 2.73. The number of carbonyl (C=O) groups is 2. The fraction of sp³-hybridized carbons (Fsp3) is 0.333. The number of aromatic amines is 1. The van der Waals surface area contributed by atoms with Gasteiger partial charge in [-0.3, -0.25) is 4.79 Å². The number of nitrogens with one attached hydrogen (secondary N) is 3. The van der Waals surface area contributed by atoms with Gasteiger partial charge in [0.05, 0.1) is 6.54 Å². The first-order chi connectivity index (χ1) is 14.6. The summed E-state index contributed by atoms with van der Waals surface area (Å²) in [5.41, 5.74) is 5.15. The van der Waals surface area contributed by atoms with Gasteiger partial charge in [0.1, 0.15) is 0 Å². The summed E-state index contributed by atoms with van der Waals surface area (Å²) in [4.78, 5) is 30.5. The Labute approximate surface area is 175 Å². The van der Waals surface area contributed by atoms with Gasteiger partial charge < -0.3 is 20.5 Å². The molecule has 154 valence electrons. The molecule has 0 atom stereocenters. The van der Waals surface area contributed by atoms with Crippen molar-refractivity contribution in [3.63, 3.8) is 0 Å². The zero-order valence-corrected chi connectivity index (χ0v) is 17.1. The number of anilines is 2. The van der Waals surface area contributed by atoms with E-state index in [2.05, 4.69) is 28.6 Å². The summed E-state index contributed by atoms with van der Waals surface area (Å²) in [5.74, 6) is 0.0612. The van der Waals surface area contributed by atoms with Crippen LogP contribution in [0.4, 0.5) is 16.2 Å². The minimum atomic E-state index is -0.0275. The van der Waals surface area contributed by atoms with Gasteiger partial charge in [-0.05, 0) is 73.4 Å². The number of urea groups is 1. The van der Waals surface area contributed by atoms with E-state index in [0.29, 0.717) is 6.54 Å². The van der Waals surface area contributed by atoms with E-state index in [-0.39, 0.29) is 23.9 Å². The Bertz CT molecular complexity index is 1110. The van der Waals surface area contributed by atoms with Gasteiger partial charge in [0, 0.05) is 35.0 Å². The van der Waals surface area contributed by atoms with Crippen molar-refractivity contribution in [2.24, 2.45) is 5.92 Å². The number of nitrogens with zero attached hydrogens (tertiary/aromatic N) is 1. The third kappa shape index (κ3) is 3.43. The van der Waals surface area contributed by atoms with Crippen LogP contribution in [-0.4, -0.2) is 27.9 Å². The lowest BCUT2D eigenvalue weighted by molar-refractivity contribution is -0.121. The van der Waals surface area contributed by atoms with Crippen molar-refractivity contribution in [1.82, 2.24) is 9.88 Å². The van der Waals surface area contributed by atoms with Crippen molar-refractivity contribution in [2.75, 3.05) is 10.6 Å². The predicted octanol–water partition coefficient (Wildman–Crippen LogP) is 5.02. The van der Waals surface area contributed by atoms with Gasteiger partial charge in [-0.25, -0.2) is 4.79 Å². The number of aryl methyl sites for hydroxylation is 1. The topological polar surface area (TPSA) is 77.2 Å². The van der Waals surface area contributed by atoms with Crippen molar-refractivity contribution in [3.8, 4) is 0 Å². The molecule has 0 spiro atoms. The van der Waals surface area contributed by atoms with Crippen LogP contribution < -0.4 is 10.6 Å². The summed E-state index contributed by atoms with van der Waals surface area (Å²) < 4.78 is 0. The van der Waals surface area contributed by atoms with Gasteiger partial charge in [0.25, 0.3) is 0 Å². The van der Waals surface area contributed by atoms with Gasteiger partial charge in [0.15, 0.2) is 0 Å². The van der Waals surface area contributed by atoms with Crippen LogP contribution in [0, 0.1) is 12.8 Å². The van der Waals surface area contributed by atoms with Crippen molar-refractivity contribution in [1.29, 1.82) is 0 Å². The van der Waals surface area contributed by atoms with Crippen LogP contribution >= 0.6 is 0 Å². The Morgan fingerprint density at radius 1 is 1.10 bits per heavy atom. The second-order valence-electron chi connectivity index (χ2n) is 8.43. The van der Waals surface area contributed by atoms with Gasteiger partial charge in [-0.2, -0.15) is 0 Å². The minimum Gasteiger partial charge on any atom is -0.361 e. The van der Waals surface area contributed by atoms with Crippen LogP contribution in [0.1, 0.15) is 36.8 Å². The normalized spacial score (nSPS) is 21.2. The molecule has 2 heterocycles. The molecule has 1 aliphatic carbocycles. The molecule has 5 rings (SSSR count). The Kier molecular flexibility index (Phi) is 4.69. The maximum absolute atomic E-state index is 12.8. The quantitative estimate of drug-likeness (QED) is 0.575. The van der Waals surface area contributed by atoms with E-state index in [9.17, 15) is 9.59 Å². The summed E-state index contributed by atoms with van der Waals surface area (Å²) in [5, 5.41) is 7.23. The highest BCUT2D eigenvalue weighted by atomic mass is 16.2. The van der Waals surface area contributed by atoms with Gasteiger partial charge in [-0.1, -0.05) is 18.2 Å². The highest BCUT2D eigenvalue weighted by molar-refractivity contribution is 5.95. The predicted molar refractivity (Wildman–Crippen MR) is 118 cm³/mol. The first-order valence-electron chi connectivity index (χ1n) is 10.6. The number of carbonyl (C=O) groups excluding carboxylic acids is 2. The van der Waals surface area contributed by atoms with Gasteiger partial charge >= 0.3 is 6.03 Å². The summed E-state index contributed by atoms with van der Waals surface area (Å²) in [7, 11) is 0. The molecule has 1 saturated carbocycles. The van der Waals surface area contributed by atoms with Crippen LogP contribution in [-0.2, 0) is 11.3 Å². The Morgan fingerprint density at radius 3 is 2.77 bits per heavy atom. The number of hydrogen-bond acceptors (Lipinski definition) is 2. The molecule has 3 amide bonds. The molecule has 3 N–H and O–H groups in total. The SMILES string of the molecule is Cc1cccc2c1CN(C1CCC(C(=O)Nc3ccc4cc[nH]c4c3)CC1)C(=O)N2. The van der Waals surface area contributed by atoms with Gasteiger partial charge in [-0.15, -0.1) is 0 Å². The Balaban J connectivity index is 1.21. The molecular formula is C24H26N4O2. The molecule has 0 unspecified atom stereocenters. The summed E-state index contributed by atoms with van der Waals surface area (Å²) >= 11 is 0. The number of H-pyrrole nitrogens is 1. The number of hydrogen-bond donors (Lipinski definition) is 3. The molecule has 1 fully saturated rings. The molecule has 2 aliphatic rings. The maximum Gasteiger partial charge on any atom is 0.322 e. The highest BCUT2D eigenvalue weighted by Gasteiger charge is 2.34. The van der Waals surface area contributed by atoms with Gasteiger partial charge in [0.2, 0.25) is 5.91 Å². The molecule has 3 aromatic rings. The first-order valence-corrected chi connectivity index (χ1v) is 10.6. The van der Waals surface area contributed by atoms with Crippen molar-refractivity contribution in [2.45, 2.75) is 45.2 Å². The molecule has 0 radical (unpaired) electrons. The van der Waals surface area contributed by atoms with E-state index in [0.717, 1.165) is 48.0 Å². The smallest absolute Gasteiger partial charge is 0.322 e. The number of fused-ring (bicyclic) bond motifs is 2. The standard InChI is InChI=1S/C24H26N4O2/c1-15-3-2-4-21-20(15)14-28(24(30)27-21)19-9-6-17(7-10-19)23(29)26-18-8-5-16-11-12-25-22(16)13-18/h2-5,8,11-13,17,19,25H,6-7,9-10,14H2,1H3,(H,26,29)(H,27,30).